The molecule has 0 spiro atoms. The molecular formula is C25H32N2O. The Hall–Kier alpha value is -2.55. The molecule has 0 saturated heterocycles. The second-order valence-electron chi connectivity index (χ2n) is 8.80. The maximum Gasteiger partial charge on any atom is 0.119 e. The molecule has 1 unspecified atom stereocenters. The lowest BCUT2D eigenvalue weighted by atomic mass is 9.76. The highest BCUT2D eigenvalue weighted by atomic mass is 16.5. The van der Waals surface area contributed by atoms with Crippen LogP contribution in [0, 0.1) is 5.41 Å². The van der Waals surface area contributed by atoms with Crippen molar-refractivity contribution in [3.05, 3.63) is 70.9 Å². The monoisotopic (exact) mass is 376 g/mol. The smallest absolute Gasteiger partial charge is 0.119 e. The van der Waals surface area contributed by atoms with Gasteiger partial charge in [-0.2, -0.15) is 0 Å². The van der Waals surface area contributed by atoms with E-state index in [1.54, 1.807) is 7.11 Å². The SMILES string of the molecule is CCN1/C(=C\C=N)C(C)(Cc2ccc(C(C)(C)C)cc2)c2cc(OC)ccc21. The van der Waals surface area contributed by atoms with Crippen LogP contribution in [0.4, 0.5) is 5.69 Å². The first-order valence-electron chi connectivity index (χ1n) is 10.0. The van der Waals surface area contributed by atoms with Gasteiger partial charge in [0.25, 0.3) is 0 Å². The molecule has 0 bridgehead atoms. The molecule has 28 heavy (non-hydrogen) atoms. The maximum atomic E-state index is 7.72. The fraction of sp³-hybridized carbons (Fsp3) is 0.400. The summed E-state index contributed by atoms with van der Waals surface area (Å²) in [6, 6.07) is 15.3. The van der Waals surface area contributed by atoms with Crippen LogP contribution in [0.5, 0.6) is 5.75 Å². The fourth-order valence-electron chi connectivity index (χ4n) is 4.30. The van der Waals surface area contributed by atoms with Crippen molar-refractivity contribution in [2.75, 3.05) is 18.6 Å². The Morgan fingerprint density at radius 2 is 1.79 bits per heavy atom. The molecule has 0 aliphatic carbocycles. The standard InChI is InChI=1S/C25H32N2O/c1-7-27-22-13-12-20(28-6)16-21(22)25(5,23(27)14-15-26)17-18-8-10-19(11-9-18)24(2,3)4/h8-16,26H,7,17H2,1-6H3/b23-14-,26-15?. The van der Waals surface area contributed by atoms with Crippen LogP contribution in [-0.2, 0) is 17.3 Å². The first-order valence-corrected chi connectivity index (χ1v) is 10.0. The molecular weight excluding hydrogens is 344 g/mol. The van der Waals surface area contributed by atoms with Crippen LogP contribution in [0.3, 0.4) is 0 Å². The molecule has 0 radical (unpaired) electrons. The van der Waals surface area contributed by atoms with Crippen molar-refractivity contribution < 1.29 is 4.74 Å². The number of anilines is 1. The Morgan fingerprint density at radius 3 is 2.32 bits per heavy atom. The van der Waals surface area contributed by atoms with Crippen molar-refractivity contribution in [2.45, 2.75) is 51.9 Å². The van der Waals surface area contributed by atoms with Gasteiger partial charge in [-0.05, 0) is 66.6 Å². The Morgan fingerprint density at radius 1 is 1.11 bits per heavy atom. The van der Waals surface area contributed by atoms with Crippen LogP contribution in [0.1, 0.15) is 51.3 Å². The Labute approximate surface area is 169 Å². The molecule has 0 fully saturated rings. The van der Waals surface area contributed by atoms with Crippen LogP contribution in [-0.4, -0.2) is 19.9 Å². The van der Waals surface area contributed by atoms with E-state index in [1.165, 1.54) is 34.3 Å². The second-order valence-corrected chi connectivity index (χ2v) is 8.80. The van der Waals surface area contributed by atoms with E-state index < -0.39 is 0 Å². The highest BCUT2D eigenvalue weighted by molar-refractivity contribution is 5.79. The summed E-state index contributed by atoms with van der Waals surface area (Å²) in [6.07, 6.45) is 4.23. The average molecular weight is 377 g/mol. The number of likely N-dealkylation sites (N-methyl/N-ethyl adjacent to an activating group) is 1. The number of hydrogen-bond acceptors (Lipinski definition) is 3. The van der Waals surface area contributed by atoms with E-state index in [-0.39, 0.29) is 10.8 Å². The minimum Gasteiger partial charge on any atom is -0.497 e. The largest absolute Gasteiger partial charge is 0.497 e. The lowest BCUT2D eigenvalue weighted by Crippen LogP contribution is -2.30. The maximum absolute atomic E-state index is 7.72. The van der Waals surface area contributed by atoms with Crippen molar-refractivity contribution in [3.8, 4) is 5.75 Å². The summed E-state index contributed by atoms with van der Waals surface area (Å²) in [5.41, 5.74) is 6.25. The van der Waals surface area contributed by atoms with E-state index in [9.17, 15) is 0 Å². The molecule has 3 nitrogen and oxygen atoms in total. The van der Waals surface area contributed by atoms with Gasteiger partial charge < -0.3 is 15.0 Å². The predicted octanol–water partition coefficient (Wildman–Crippen LogP) is 5.87. The zero-order valence-corrected chi connectivity index (χ0v) is 18.0. The van der Waals surface area contributed by atoms with Gasteiger partial charge >= 0.3 is 0 Å². The average Bonchev–Trinajstić information content (AvgIpc) is 2.89. The Kier molecular flexibility index (Phi) is 5.38. The summed E-state index contributed by atoms with van der Waals surface area (Å²) < 4.78 is 5.52. The summed E-state index contributed by atoms with van der Waals surface area (Å²) in [7, 11) is 1.71. The number of allylic oxidation sites excluding steroid dienone is 2. The van der Waals surface area contributed by atoms with Gasteiger partial charge in [0.1, 0.15) is 5.75 Å². The van der Waals surface area contributed by atoms with Crippen LogP contribution in [0.2, 0.25) is 0 Å². The number of fused-ring (bicyclic) bond motifs is 1. The Balaban J connectivity index is 2.08. The van der Waals surface area contributed by atoms with Crippen molar-refractivity contribution in [2.24, 2.45) is 0 Å². The molecule has 3 heteroatoms. The number of benzene rings is 2. The van der Waals surface area contributed by atoms with E-state index >= 15 is 0 Å². The first-order chi connectivity index (χ1) is 13.2. The topological polar surface area (TPSA) is 36.3 Å². The van der Waals surface area contributed by atoms with E-state index in [4.69, 9.17) is 10.1 Å². The van der Waals surface area contributed by atoms with Crippen molar-refractivity contribution in [3.63, 3.8) is 0 Å². The molecule has 1 aliphatic rings. The third-order valence-electron chi connectivity index (χ3n) is 5.88. The quantitative estimate of drug-likeness (QED) is 0.663. The summed E-state index contributed by atoms with van der Waals surface area (Å²) >= 11 is 0. The van der Waals surface area contributed by atoms with Crippen LogP contribution >= 0.6 is 0 Å². The molecule has 0 saturated carbocycles. The van der Waals surface area contributed by atoms with Gasteiger partial charge in [-0.1, -0.05) is 45.0 Å². The van der Waals surface area contributed by atoms with E-state index in [1.807, 2.05) is 12.1 Å². The third-order valence-corrected chi connectivity index (χ3v) is 5.88. The molecule has 0 aromatic heterocycles. The van der Waals surface area contributed by atoms with E-state index in [0.29, 0.717) is 0 Å². The number of nitrogens with one attached hydrogen (secondary N) is 1. The lowest BCUT2D eigenvalue weighted by Gasteiger charge is -2.30. The van der Waals surface area contributed by atoms with Crippen molar-refractivity contribution >= 4 is 11.9 Å². The minimum atomic E-state index is -0.208. The molecule has 1 N–H and O–H groups in total. The van der Waals surface area contributed by atoms with Gasteiger partial charge in [-0.15, -0.1) is 0 Å². The minimum absolute atomic E-state index is 0.153. The van der Waals surface area contributed by atoms with Gasteiger partial charge in [-0.3, -0.25) is 0 Å². The summed E-state index contributed by atoms with van der Waals surface area (Å²) in [6.45, 7) is 12.0. The predicted molar refractivity (Wildman–Crippen MR) is 119 cm³/mol. The van der Waals surface area contributed by atoms with E-state index in [2.05, 4.69) is 75.9 Å². The zero-order chi connectivity index (χ0) is 20.5. The highest BCUT2D eigenvalue weighted by Gasteiger charge is 2.43. The number of rotatable bonds is 5. The third kappa shape index (κ3) is 3.46. The lowest BCUT2D eigenvalue weighted by molar-refractivity contribution is 0.413. The normalized spacial score (nSPS) is 20.4. The van der Waals surface area contributed by atoms with Gasteiger partial charge in [-0.25, -0.2) is 0 Å². The highest BCUT2D eigenvalue weighted by Crippen LogP contribution is 2.50. The summed E-state index contributed by atoms with van der Waals surface area (Å²) in [4.78, 5) is 2.32. The molecule has 2 aromatic rings. The number of hydrogen-bond donors (Lipinski definition) is 1. The molecule has 148 valence electrons. The van der Waals surface area contributed by atoms with Crippen LogP contribution in [0.15, 0.2) is 54.2 Å². The molecule has 0 amide bonds. The van der Waals surface area contributed by atoms with Crippen LogP contribution < -0.4 is 9.64 Å². The summed E-state index contributed by atoms with van der Waals surface area (Å²) in [5.74, 6) is 0.875. The van der Waals surface area contributed by atoms with Crippen molar-refractivity contribution in [1.82, 2.24) is 0 Å². The molecule has 1 heterocycles. The van der Waals surface area contributed by atoms with Crippen molar-refractivity contribution in [1.29, 1.82) is 5.41 Å². The van der Waals surface area contributed by atoms with Gasteiger partial charge in [0, 0.05) is 29.6 Å². The Bertz CT molecular complexity index is 890. The summed E-state index contributed by atoms with van der Waals surface area (Å²) in [5, 5.41) is 7.72. The molecule has 1 aliphatic heterocycles. The second kappa shape index (κ2) is 7.46. The van der Waals surface area contributed by atoms with E-state index in [0.717, 1.165) is 18.7 Å². The molecule has 2 aromatic carbocycles. The molecule has 1 atom stereocenters. The van der Waals surface area contributed by atoms with Gasteiger partial charge in [0.15, 0.2) is 0 Å². The fourth-order valence-corrected chi connectivity index (χ4v) is 4.30. The van der Waals surface area contributed by atoms with Gasteiger partial charge in [0.05, 0.1) is 7.11 Å². The number of nitrogens with zero attached hydrogens (tertiary/aromatic N) is 1. The number of methoxy groups -OCH3 is 1. The first kappa shape index (κ1) is 20.2. The zero-order valence-electron chi connectivity index (χ0n) is 18.0. The van der Waals surface area contributed by atoms with Crippen LogP contribution in [0.25, 0.3) is 0 Å². The number of ether oxygens (including phenoxy) is 1. The van der Waals surface area contributed by atoms with Gasteiger partial charge in [0.2, 0.25) is 0 Å². The molecule has 3 rings (SSSR count).